The monoisotopic (exact) mass is 578 g/mol. The van der Waals surface area contributed by atoms with Gasteiger partial charge in [-0.3, -0.25) is 9.28 Å². The Hall–Kier alpha value is -2.25. The van der Waals surface area contributed by atoms with Gasteiger partial charge in [0.2, 0.25) is 11.7 Å². The molecular formula is C24H26Br2N3O4+. The average Bonchev–Trinajstić information content (AvgIpc) is 2.81. The minimum absolute atomic E-state index is 0.0655. The van der Waals surface area contributed by atoms with Crippen LogP contribution in [0.5, 0.6) is 17.2 Å². The van der Waals surface area contributed by atoms with Crippen LogP contribution in [0, 0.1) is 17.2 Å². The molecule has 0 bridgehead atoms. The van der Waals surface area contributed by atoms with Gasteiger partial charge in [-0.1, -0.05) is 25.1 Å². The maximum absolute atomic E-state index is 13.2. The number of hydrogen-bond donors (Lipinski definition) is 1. The van der Waals surface area contributed by atoms with Crippen LogP contribution in [0.25, 0.3) is 0 Å². The zero-order valence-corrected chi connectivity index (χ0v) is 21.7. The van der Waals surface area contributed by atoms with Gasteiger partial charge in [-0.15, -0.1) is 0 Å². The van der Waals surface area contributed by atoms with Crippen LogP contribution in [0.4, 0.5) is 0 Å². The van der Waals surface area contributed by atoms with E-state index in [2.05, 4.69) is 37.2 Å². The molecule has 1 amide bonds. The number of para-hydroxylation sites is 1. The van der Waals surface area contributed by atoms with Crippen LogP contribution in [-0.2, 0) is 9.59 Å². The largest absolute Gasteiger partial charge is 0.483 e. The molecule has 174 valence electrons. The molecule has 1 fully saturated rings. The summed E-state index contributed by atoms with van der Waals surface area (Å²) in [6, 6.07) is 14.7. The van der Waals surface area contributed by atoms with E-state index in [1.54, 1.807) is 26.1 Å². The second-order valence-electron chi connectivity index (χ2n) is 8.04. The fraction of sp³-hybridized carbons (Fsp3) is 0.375. The molecule has 33 heavy (non-hydrogen) atoms. The molecule has 1 aliphatic rings. The number of carbonyl (C=O) groups is 2. The highest BCUT2D eigenvalue weighted by molar-refractivity contribution is 9.11. The van der Waals surface area contributed by atoms with E-state index in [0.29, 0.717) is 58.8 Å². The third-order valence-corrected chi connectivity index (χ3v) is 6.84. The molecule has 0 aliphatic carbocycles. The van der Waals surface area contributed by atoms with Gasteiger partial charge in [-0.25, -0.2) is 4.79 Å². The summed E-state index contributed by atoms with van der Waals surface area (Å²) in [5.74, 6) is -0.602. The minimum atomic E-state index is -1.37. The van der Waals surface area contributed by atoms with Crippen LogP contribution in [0.2, 0.25) is 0 Å². The predicted molar refractivity (Wildman–Crippen MR) is 131 cm³/mol. The van der Waals surface area contributed by atoms with Crippen LogP contribution in [-0.4, -0.2) is 55.5 Å². The van der Waals surface area contributed by atoms with Gasteiger partial charge in [0.1, 0.15) is 11.5 Å². The smallest absolute Gasteiger partial charge is 0.338 e. The molecule has 1 saturated heterocycles. The number of piperazine rings is 1. The van der Waals surface area contributed by atoms with Crippen molar-refractivity contribution in [1.82, 2.24) is 5.32 Å². The van der Waals surface area contributed by atoms with Crippen molar-refractivity contribution in [2.24, 2.45) is 5.92 Å². The van der Waals surface area contributed by atoms with E-state index in [4.69, 9.17) is 9.47 Å². The minimum Gasteiger partial charge on any atom is -0.483 e. The zero-order chi connectivity index (χ0) is 24.0. The van der Waals surface area contributed by atoms with Crippen molar-refractivity contribution >= 4 is 43.6 Å². The fourth-order valence-electron chi connectivity index (χ4n) is 3.66. The summed E-state index contributed by atoms with van der Waals surface area (Å²) in [6.07, 6.45) is -0.597. The molecule has 0 radical (unpaired) electrons. The number of quaternary nitrogens is 1. The van der Waals surface area contributed by atoms with Gasteiger partial charge in [0, 0.05) is 13.1 Å². The van der Waals surface area contributed by atoms with Gasteiger partial charge in [-0.05, 0) is 62.5 Å². The third-order valence-electron chi connectivity index (χ3n) is 5.66. The van der Waals surface area contributed by atoms with E-state index < -0.39 is 17.8 Å². The highest BCUT2D eigenvalue weighted by Crippen LogP contribution is 2.40. The molecule has 1 heterocycles. The Morgan fingerprint density at radius 3 is 2.27 bits per heavy atom. The molecule has 3 rings (SSSR count). The predicted octanol–water partition coefficient (Wildman–Crippen LogP) is 4.45. The van der Waals surface area contributed by atoms with E-state index >= 15 is 0 Å². The molecule has 2 aromatic carbocycles. The summed E-state index contributed by atoms with van der Waals surface area (Å²) in [5, 5.41) is 12.9. The molecule has 0 saturated carbocycles. The number of rotatable bonds is 8. The second kappa shape index (κ2) is 11.3. The van der Waals surface area contributed by atoms with Crippen LogP contribution in [0.3, 0.4) is 0 Å². The first-order valence-corrected chi connectivity index (χ1v) is 12.3. The summed E-state index contributed by atoms with van der Waals surface area (Å²) >= 11 is 6.99. The van der Waals surface area contributed by atoms with Gasteiger partial charge < -0.3 is 14.8 Å². The van der Waals surface area contributed by atoms with Gasteiger partial charge in [0.05, 0.1) is 35.2 Å². The third kappa shape index (κ3) is 6.01. The number of likely N-dealkylation sites (N-methyl/N-ethyl adjacent to an activating group) is 1. The van der Waals surface area contributed by atoms with E-state index in [-0.39, 0.29) is 10.4 Å². The maximum Gasteiger partial charge on any atom is 0.338 e. The Balaban J connectivity index is 1.77. The SMILES string of the molecule is CCC(Oc1cc(Br)c(Oc2ccccc2)c(Br)c1)C(=O)C(C#N)C(=O)[N+]1(C)CCNCC1. The summed E-state index contributed by atoms with van der Waals surface area (Å²) in [4.78, 5) is 26.3. The summed E-state index contributed by atoms with van der Waals surface area (Å²) in [7, 11) is 1.78. The first kappa shape index (κ1) is 25.4. The highest BCUT2D eigenvalue weighted by Gasteiger charge is 2.44. The quantitative estimate of drug-likeness (QED) is 0.367. The molecule has 2 aromatic rings. The Morgan fingerprint density at radius 2 is 1.73 bits per heavy atom. The number of hydrogen-bond acceptors (Lipinski definition) is 6. The Morgan fingerprint density at radius 1 is 1.12 bits per heavy atom. The molecule has 0 spiro atoms. The van der Waals surface area contributed by atoms with E-state index in [0.717, 1.165) is 0 Å². The Labute approximate surface area is 210 Å². The number of nitrogens with one attached hydrogen (secondary N) is 1. The standard InChI is InChI=1S/C24H26Br2N3O4/c1-3-21(22(30)18(15-27)24(31)29(2)11-9-28-10-12-29)32-17-13-19(25)23(20(26)14-17)33-16-7-5-4-6-8-16/h4-8,13-14,18,21,28H,3,9-12H2,1-2H3/q+1. The van der Waals surface area contributed by atoms with Crippen molar-refractivity contribution < 1.29 is 23.5 Å². The lowest BCUT2D eigenvalue weighted by Gasteiger charge is -2.36. The second-order valence-corrected chi connectivity index (χ2v) is 9.75. The lowest BCUT2D eigenvalue weighted by Crippen LogP contribution is -2.62. The van der Waals surface area contributed by atoms with E-state index in [1.807, 2.05) is 36.4 Å². The maximum atomic E-state index is 13.2. The average molecular weight is 580 g/mol. The molecule has 1 aliphatic heterocycles. The van der Waals surface area contributed by atoms with Crippen molar-refractivity contribution in [3.05, 3.63) is 51.4 Å². The van der Waals surface area contributed by atoms with Crippen molar-refractivity contribution in [2.75, 3.05) is 33.2 Å². The summed E-state index contributed by atoms with van der Waals surface area (Å²) in [5.41, 5.74) is 0. The van der Waals surface area contributed by atoms with Crippen LogP contribution >= 0.6 is 31.9 Å². The van der Waals surface area contributed by atoms with Gasteiger partial charge in [-0.2, -0.15) is 5.26 Å². The molecular weight excluding hydrogens is 554 g/mol. The topological polar surface area (TPSA) is 88.4 Å². The number of carbonyl (C=O) groups excluding carboxylic acids is 2. The summed E-state index contributed by atoms with van der Waals surface area (Å²) < 4.78 is 13.2. The van der Waals surface area contributed by atoms with Crippen molar-refractivity contribution in [2.45, 2.75) is 19.4 Å². The zero-order valence-electron chi connectivity index (χ0n) is 18.5. The Kier molecular flexibility index (Phi) is 8.65. The number of ether oxygens (including phenoxy) is 2. The number of benzene rings is 2. The molecule has 7 nitrogen and oxygen atoms in total. The number of Topliss-reactive ketones (excluding diaryl/α,β-unsaturated/α-hetero) is 1. The molecule has 2 atom stereocenters. The number of halogens is 2. The normalized spacial score (nSPS) is 16.8. The van der Waals surface area contributed by atoms with Crippen LogP contribution in [0.1, 0.15) is 13.3 Å². The van der Waals surface area contributed by atoms with Gasteiger partial charge in [0.25, 0.3) is 0 Å². The van der Waals surface area contributed by atoms with Crippen molar-refractivity contribution in [3.8, 4) is 23.3 Å². The van der Waals surface area contributed by atoms with Crippen LogP contribution in [0.15, 0.2) is 51.4 Å². The number of nitriles is 1. The van der Waals surface area contributed by atoms with Crippen molar-refractivity contribution in [1.29, 1.82) is 5.26 Å². The Bertz CT molecular complexity index is 1030. The highest BCUT2D eigenvalue weighted by atomic mass is 79.9. The van der Waals surface area contributed by atoms with Crippen molar-refractivity contribution in [3.63, 3.8) is 0 Å². The van der Waals surface area contributed by atoms with Crippen LogP contribution < -0.4 is 14.8 Å². The first-order chi connectivity index (χ1) is 15.8. The van der Waals surface area contributed by atoms with Gasteiger partial charge in [0.15, 0.2) is 11.9 Å². The lowest BCUT2D eigenvalue weighted by molar-refractivity contribution is -0.837. The lowest BCUT2D eigenvalue weighted by atomic mass is 9.96. The number of ketones is 1. The molecule has 9 heteroatoms. The number of nitrogens with zero attached hydrogens (tertiary/aromatic N) is 2. The molecule has 0 aromatic heterocycles. The van der Waals surface area contributed by atoms with E-state index in [1.165, 1.54) is 0 Å². The number of amides is 1. The molecule has 1 N–H and O–H groups in total. The molecule has 2 unspecified atom stereocenters. The fourth-order valence-corrected chi connectivity index (χ4v) is 4.97. The first-order valence-electron chi connectivity index (χ1n) is 10.7. The van der Waals surface area contributed by atoms with Gasteiger partial charge >= 0.3 is 5.91 Å². The van der Waals surface area contributed by atoms with E-state index in [9.17, 15) is 14.9 Å². The summed E-state index contributed by atoms with van der Waals surface area (Å²) in [6.45, 7) is 4.22.